The molecule has 0 unspecified atom stereocenters. The van der Waals surface area contributed by atoms with Crippen LogP contribution in [-0.4, -0.2) is 5.11 Å². The Morgan fingerprint density at radius 3 is 1.82 bits per heavy atom. The van der Waals surface area contributed by atoms with E-state index in [1.807, 2.05) is 5.38 Å². The fourth-order valence-electron chi connectivity index (χ4n) is 2.62. The number of phenolic OH excluding ortho intramolecular Hbond substituents is 1. The van der Waals surface area contributed by atoms with Crippen molar-refractivity contribution in [3.8, 4) is 5.75 Å². The van der Waals surface area contributed by atoms with Crippen LogP contribution >= 0.6 is 11.3 Å². The van der Waals surface area contributed by atoms with E-state index in [1.54, 1.807) is 11.3 Å². The Morgan fingerprint density at radius 1 is 0.955 bits per heavy atom. The largest absolute Gasteiger partial charge is 0.507 e. The van der Waals surface area contributed by atoms with E-state index < -0.39 is 0 Å². The van der Waals surface area contributed by atoms with Crippen LogP contribution in [0.4, 0.5) is 0 Å². The highest BCUT2D eigenvalue weighted by Gasteiger charge is 2.27. The van der Waals surface area contributed by atoms with Crippen molar-refractivity contribution in [1.82, 2.24) is 0 Å². The van der Waals surface area contributed by atoms with Gasteiger partial charge in [-0.15, -0.1) is 0 Å². The monoisotopic (exact) mass is 317 g/mol. The smallest absolute Gasteiger partial charge is 0.123 e. The number of aromatic hydroxyl groups is 1. The number of thiophene rings is 1. The van der Waals surface area contributed by atoms with Crippen molar-refractivity contribution in [3.63, 3.8) is 0 Å². The summed E-state index contributed by atoms with van der Waals surface area (Å²) >= 11 is 1.66. The van der Waals surface area contributed by atoms with Gasteiger partial charge in [0.2, 0.25) is 0 Å². The predicted molar refractivity (Wildman–Crippen MR) is 95.9 cm³/mol. The van der Waals surface area contributed by atoms with Gasteiger partial charge in [0.1, 0.15) is 5.75 Å². The molecule has 0 saturated heterocycles. The fourth-order valence-corrected chi connectivity index (χ4v) is 3.32. The number of benzene rings is 1. The third-order valence-corrected chi connectivity index (χ3v) is 4.71. The Balaban J connectivity index is 2.65. The quantitative estimate of drug-likeness (QED) is 0.809. The zero-order valence-electron chi connectivity index (χ0n) is 14.4. The molecule has 0 radical (unpaired) electrons. The average Bonchev–Trinajstić information content (AvgIpc) is 2.89. The third-order valence-electron chi connectivity index (χ3n) is 4.01. The zero-order chi connectivity index (χ0) is 16.7. The Hall–Kier alpha value is -1.32. The van der Waals surface area contributed by atoms with Gasteiger partial charge in [-0.25, -0.2) is 0 Å². The van der Waals surface area contributed by atoms with E-state index in [9.17, 15) is 5.11 Å². The first-order valence-electron chi connectivity index (χ1n) is 7.67. The lowest BCUT2D eigenvalue weighted by Crippen LogP contribution is -2.20. The van der Waals surface area contributed by atoms with E-state index in [1.165, 1.54) is 0 Å². The standard InChI is InChI=1S/C19H27NOS/c1-18(2,3)14-9-13(16(20)12-7-8-22-11-12)10-15(17(14)21)19(4,5)6/h7-11,16,21H,20H2,1-6H3/t16-/m1/s1. The van der Waals surface area contributed by atoms with Crippen molar-refractivity contribution >= 4 is 11.3 Å². The topological polar surface area (TPSA) is 46.2 Å². The second-order valence-corrected chi connectivity index (χ2v) is 8.78. The summed E-state index contributed by atoms with van der Waals surface area (Å²) < 4.78 is 0. The minimum atomic E-state index is -0.158. The van der Waals surface area contributed by atoms with Crippen LogP contribution < -0.4 is 5.73 Å². The summed E-state index contributed by atoms with van der Waals surface area (Å²) in [4.78, 5) is 0. The van der Waals surface area contributed by atoms with Crippen LogP contribution in [0, 0.1) is 0 Å². The van der Waals surface area contributed by atoms with Crippen LogP contribution in [0.3, 0.4) is 0 Å². The first-order valence-corrected chi connectivity index (χ1v) is 8.61. The van der Waals surface area contributed by atoms with E-state index in [-0.39, 0.29) is 16.9 Å². The highest BCUT2D eigenvalue weighted by molar-refractivity contribution is 7.08. The Bertz CT molecular complexity index is 610. The zero-order valence-corrected chi connectivity index (χ0v) is 15.2. The molecule has 2 rings (SSSR count). The number of hydrogen-bond donors (Lipinski definition) is 2. The van der Waals surface area contributed by atoms with Crippen molar-refractivity contribution in [2.75, 3.05) is 0 Å². The van der Waals surface area contributed by atoms with Gasteiger partial charge in [-0.2, -0.15) is 11.3 Å². The summed E-state index contributed by atoms with van der Waals surface area (Å²) in [5, 5.41) is 14.9. The second-order valence-electron chi connectivity index (χ2n) is 8.00. The Kier molecular flexibility index (Phi) is 4.42. The molecule has 0 fully saturated rings. The molecule has 0 aliphatic rings. The van der Waals surface area contributed by atoms with Crippen molar-refractivity contribution < 1.29 is 5.11 Å². The number of phenols is 1. The Morgan fingerprint density at radius 2 is 1.45 bits per heavy atom. The molecule has 0 aliphatic heterocycles. The number of hydrogen-bond acceptors (Lipinski definition) is 3. The predicted octanol–water partition coefficient (Wildman–Crippen LogP) is 5.10. The third kappa shape index (κ3) is 3.36. The van der Waals surface area contributed by atoms with Crippen LogP contribution in [0.25, 0.3) is 0 Å². The van der Waals surface area contributed by atoms with Crippen molar-refractivity contribution in [2.24, 2.45) is 5.73 Å². The molecule has 0 saturated carbocycles. The summed E-state index contributed by atoms with van der Waals surface area (Å²) in [7, 11) is 0. The summed E-state index contributed by atoms with van der Waals surface area (Å²) in [5.41, 5.74) is 10.3. The highest BCUT2D eigenvalue weighted by atomic mass is 32.1. The van der Waals surface area contributed by atoms with Crippen molar-refractivity contribution in [3.05, 3.63) is 51.2 Å². The molecule has 2 nitrogen and oxygen atoms in total. The minimum absolute atomic E-state index is 0.130. The minimum Gasteiger partial charge on any atom is -0.507 e. The maximum atomic E-state index is 10.8. The van der Waals surface area contributed by atoms with Crippen LogP contribution in [0.5, 0.6) is 5.75 Å². The summed E-state index contributed by atoms with van der Waals surface area (Å²) in [6.45, 7) is 12.7. The molecule has 1 aromatic carbocycles. The SMILES string of the molecule is CC(C)(C)c1cc([C@H](N)c2ccsc2)cc(C(C)(C)C)c1O. The molecule has 0 aliphatic carbocycles. The maximum Gasteiger partial charge on any atom is 0.123 e. The van der Waals surface area contributed by atoms with E-state index in [0.29, 0.717) is 5.75 Å². The van der Waals surface area contributed by atoms with Gasteiger partial charge < -0.3 is 10.8 Å². The summed E-state index contributed by atoms with van der Waals surface area (Å²) in [6, 6.07) is 6.03. The average molecular weight is 317 g/mol. The molecular formula is C19H27NOS. The summed E-state index contributed by atoms with van der Waals surface area (Å²) in [6.07, 6.45) is 0. The van der Waals surface area contributed by atoms with Crippen LogP contribution in [-0.2, 0) is 10.8 Å². The molecule has 22 heavy (non-hydrogen) atoms. The number of rotatable bonds is 2. The van der Waals surface area contributed by atoms with Crippen LogP contribution in [0.2, 0.25) is 0 Å². The van der Waals surface area contributed by atoms with Gasteiger partial charge in [0.25, 0.3) is 0 Å². The van der Waals surface area contributed by atoms with Gasteiger partial charge in [-0.05, 0) is 62.0 Å². The van der Waals surface area contributed by atoms with Gasteiger partial charge in [0, 0.05) is 0 Å². The lowest BCUT2D eigenvalue weighted by atomic mass is 9.77. The normalized spacial score (nSPS) is 14.1. The van der Waals surface area contributed by atoms with Gasteiger partial charge >= 0.3 is 0 Å². The molecule has 3 heteroatoms. The van der Waals surface area contributed by atoms with Crippen molar-refractivity contribution in [2.45, 2.75) is 58.4 Å². The van der Waals surface area contributed by atoms with Crippen LogP contribution in [0.1, 0.15) is 69.8 Å². The van der Waals surface area contributed by atoms with Gasteiger partial charge in [0.15, 0.2) is 0 Å². The van der Waals surface area contributed by atoms with E-state index >= 15 is 0 Å². The van der Waals surface area contributed by atoms with E-state index in [4.69, 9.17) is 5.73 Å². The molecule has 0 bridgehead atoms. The molecule has 2 aromatic rings. The molecule has 1 aromatic heterocycles. The fraction of sp³-hybridized carbons (Fsp3) is 0.474. The van der Waals surface area contributed by atoms with Gasteiger partial charge in [0.05, 0.1) is 6.04 Å². The molecular weight excluding hydrogens is 290 g/mol. The lowest BCUT2D eigenvalue weighted by Gasteiger charge is -2.29. The molecule has 1 heterocycles. The molecule has 3 N–H and O–H groups in total. The van der Waals surface area contributed by atoms with E-state index in [0.717, 1.165) is 22.3 Å². The molecule has 0 spiro atoms. The van der Waals surface area contributed by atoms with Gasteiger partial charge in [-0.1, -0.05) is 41.5 Å². The van der Waals surface area contributed by atoms with Gasteiger partial charge in [-0.3, -0.25) is 0 Å². The number of nitrogens with two attached hydrogens (primary N) is 1. The first kappa shape index (κ1) is 17.0. The van der Waals surface area contributed by atoms with Crippen LogP contribution in [0.15, 0.2) is 29.0 Å². The second kappa shape index (κ2) is 5.71. The van der Waals surface area contributed by atoms with Crippen molar-refractivity contribution in [1.29, 1.82) is 0 Å². The maximum absolute atomic E-state index is 10.8. The summed E-state index contributed by atoms with van der Waals surface area (Å²) in [5.74, 6) is 0.404. The molecule has 1 atom stereocenters. The molecule has 120 valence electrons. The molecule has 0 amide bonds. The Labute approximate surface area is 138 Å². The lowest BCUT2D eigenvalue weighted by molar-refractivity contribution is 0.422. The highest BCUT2D eigenvalue weighted by Crippen LogP contribution is 2.41. The first-order chi connectivity index (χ1) is 10.0. The van der Waals surface area contributed by atoms with E-state index in [2.05, 4.69) is 65.1 Å².